The van der Waals surface area contributed by atoms with Gasteiger partial charge in [0.05, 0.1) is 6.54 Å². The Kier molecular flexibility index (Phi) is 5.54. The first-order valence-corrected chi connectivity index (χ1v) is 9.07. The smallest absolute Gasteiger partial charge is 0.245 e. The molecule has 3 amide bonds. The van der Waals surface area contributed by atoms with E-state index in [1.54, 1.807) is 30.0 Å². The number of hydrogen-bond donors (Lipinski definition) is 0. The lowest BCUT2D eigenvalue weighted by Gasteiger charge is -2.39. The van der Waals surface area contributed by atoms with Gasteiger partial charge in [0.15, 0.2) is 0 Å². The number of rotatable bonds is 6. The predicted molar refractivity (Wildman–Crippen MR) is 93.4 cm³/mol. The highest BCUT2D eigenvalue weighted by atomic mass is 19.1. The van der Waals surface area contributed by atoms with Gasteiger partial charge in [-0.05, 0) is 25.8 Å². The second kappa shape index (κ2) is 7.85. The van der Waals surface area contributed by atoms with Crippen molar-refractivity contribution in [3.63, 3.8) is 0 Å². The Hall–Kier alpha value is -2.44. The van der Waals surface area contributed by atoms with Crippen LogP contribution in [0.15, 0.2) is 24.3 Å². The van der Waals surface area contributed by atoms with Crippen molar-refractivity contribution in [1.82, 2.24) is 14.7 Å². The van der Waals surface area contributed by atoms with Crippen LogP contribution >= 0.6 is 0 Å². The maximum absolute atomic E-state index is 13.9. The van der Waals surface area contributed by atoms with E-state index in [2.05, 4.69) is 0 Å². The fraction of sp³-hybridized carbons (Fsp3) is 0.526. The molecule has 26 heavy (non-hydrogen) atoms. The minimum Gasteiger partial charge on any atom is -0.343 e. The lowest BCUT2D eigenvalue weighted by atomic mass is 10.1. The van der Waals surface area contributed by atoms with E-state index < -0.39 is 6.04 Å². The first kappa shape index (κ1) is 18.4. The van der Waals surface area contributed by atoms with Gasteiger partial charge in [-0.1, -0.05) is 18.2 Å². The molecule has 2 aliphatic rings. The van der Waals surface area contributed by atoms with E-state index in [1.807, 2.05) is 4.90 Å². The number of carbonyl (C=O) groups excluding carboxylic acids is 3. The van der Waals surface area contributed by atoms with E-state index in [0.717, 1.165) is 13.0 Å². The quantitative estimate of drug-likeness (QED) is 0.769. The molecule has 0 bridgehead atoms. The molecule has 3 rings (SSSR count). The molecule has 0 radical (unpaired) electrons. The maximum Gasteiger partial charge on any atom is 0.245 e. The minimum absolute atomic E-state index is 0.00553. The van der Waals surface area contributed by atoms with Crippen LogP contribution in [0.4, 0.5) is 4.39 Å². The Labute approximate surface area is 152 Å². The van der Waals surface area contributed by atoms with E-state index in [9.17, 15) is 18.8 Å². The highest BCUT2D eigenvalue weighted by Gasteiger charge is 2.36. The molecule has 7 heteroatoms. The third-order valence-corrected chi connectivity index (χ3v) is 5.11. The number of hydrogen-bond acceptors (Lipinski definition) is 3. The van der Waals surface area contributed by atoms with Crippen LogP contribution < -0.4 is 0 Å². The van der Waals surface area contributed by atoms with Crippen molar-refractivity contribution in [2.24, 2.45) is 0 Å². The molecule has 6 nitrogen and oxygen atoms in total. The lowest BCUT2D eigenvalue weighted by Crippen LogP contribution is -2.58. The van der Waals surface area contributed by atoms with Crippen molar-refractivity contribution in [2.45, 2.75) is 38.8 Å². The summed E-state index contributed by atoms with van der Waals surface area (Å²) in [5.74, 6) is -0.528. The molecular formula is C19H24FN3O3. The summed E-state index contributed by atoms with van der Waals surface area (Å²) in [6.07, 6.45) is 2.15. The molecule has 2 saturated heterocycles. The van der Waals surface area contributed by atoms with Crippen molar-refractivity contribution < 1.29 is 18.8 Å². The number of benzene rings is 1. The lowest BCUT2D eigenvalue weighted by molar-refractivity contribution is -0.155. The first-order chi connectivity index (χ1) is 12.5. The highest BCUT2D eigenvalue weighted by Crippen LogP contribution is 2.18. The molecule has 2 heterocycles. The summed E-state index contributed by atoms with van der Waals surface area (Å²) in [7, 11) is 0. The van der Waals surface area contributed by atoms with Crippen LogP contribution in [0.1, 0.15) is 31.7 Å². The molecule has 2 fully saturated rings. The summed E-state index contributed by atoms with van der Waals surface area (Å²) in [5.41, 5.74) is 0.404. The van der Waals surface area contributed by atoms with Crippen LogP contribution in [0.2, 0.25) is 0 Å². The summed E-state index contributed by atoms with van der Waals surface area (Å²) in [6, 6.07) is 5.66. The van der Waals surface area contributed by atoms with Crippen molar-refractivity contribution in [1.29, 1.82) is 0 Å². The number of halogens is 1. The van der Waals surface area contributed by atoms with E-state index in [4.69, 9.17) is 0 Å². The minimum atomic E-state index is -0.621. The zero-order valence-electron chi connectivity index (χ0n) is 15.0. The molecular weight excluding hydrogens is 337 g/mol. The zero-order chi connectivity index (χ0) is 18.7. The SMILES string of the molecule is C[C@H]1C(=O)N(CCCN2CCCC2=O)CC(=O)N1Cc1ccccc1F. The van der Waals surface area contributed by atoms with Crippen molar-refractivity contribution in [2.75, 3.05) is 26.2 Å². The summed E-state index contributed by atoms with van der Waals surface area (Å²) >= 11 is 0. The van der Waals surface area contributed by atoms with E-state index in [1.165, 1.54) is 11.0 Å². The van der Waals surface area contributed by atoms with E-state index in [-0.39, 0.29) is 36.6 Å². The van der Waals surface area contributed by atoms with Crippen LogP contribution in [0.3, 0.4) is 0 Å². The predicted octanol–water partition coefficient (Wildman–Crippen LogP) is 1.40. The van der Waals surface area contributed by atoms with Gasteiger partial charge in [0.25, 0.3) is 0 Å². The molecule has 1 aromatic rings. The number of carbonyl (C=O) groups is 3. The fourth-order valence-corrected chi connectivity index (χ4v) is 3.56. The average molecular weight is 361 g/mol. The first-order valence-electron chi connectivity index (χ1n) is 9.07. The standard InChI is InChI=1S/C19H24FN3O3/c1-14-19(26)22(11-5-10-21-9-4-8-17(21)24)13-18(25)23(14)12-15-6-2-3-7-16(15)20/h2-3,6-7,14H,4-5,8-13H2,1H3/t14-/m0/s1. The Balaban J connectivity index is 1.56. The van der Waals surface area contributed by atoms with Gasteiger partial charge in [-0.2, -0.15) is 0 Å². The van der Waals surface area contributed by atoms with E-state index in [0.29, 0.717) is 31.5 Å². The van der Waals surface area contributed by atoms with Crippen molar-refractivity contribution >= 4 is 17.7 Å². The van der Waals surface area contributed by atoms with Crippen molar-refractivity contribution in [3.8, 4) is 0 Å². The van der Waals surface area contributed by atoms with Crippen LogP contribution in [0.25, 0.3) is 0 Å². The monoisotopic (exact) mass is 361 g/mol. The normalized spacial score (nSPS) is 21.1. The average Bonchev–Trinajstić information content (AvgIpc) is 3.02. The second-order valence-electron chi connectivity index (χ2n) is 6.89. The fourth-order valence-electron chi connectivity index (χ4n) is 3.56. The van der Waals surface area contributed by atoms with Gasteiger partial charge in [-0.15, -0.1) is 0 Å². The molecule has 1 aromatic carbocycles. The van der Waals surface area contributed by atoms with Gasteiger partial charge in [0.2, 0.25) is 17.7 Å². The Morgan fingerprint density at radius 3 is 2.50 bits per heavy atom. The zero-order valence-corrected chi connectivity index (χ0v) is 15.0. The number of likely N-dealkylation sites (tertiary alicyclic amines) is 1. The van der Waals surface area contributed by atoms with Gasteiger partial charge in [0.1, 0.15) is 11.9 Å². The third-order valence-electron chi connectivity index (χ3n) is 5.11. The van der Waals surface area contributed by atoms with Crippen LogP contribution in [0, 0.1) is 5.82 Å². The summed E-state index contributed by atoms with van der Waals surface area (Å²) in [5, 5.41) is 0. The Morgan fingerprint density at radius 2 is 1.81 bits per heavy atom. The number of amides is 3. The molecule has 140 valence electrons. The highest BCUT2D eigenvalue weighted by molar-refractivity contribution is 5.94. The van der Waals surface area contributed by atoms with Gasteiger partial charge in [0, 0.05) is 38.2 Å². The van der Waals surface area contributed by atoms with Gasteiger partial charge in [-0.3, -0.25) is 14.4 Å². The summed E-state index contributed by atoms with van der Waals surface area (Å²) in [6.45, 7) is 3.62. The number of piperazine rings is 1. The molecule has 0 unspecified atom stereocenters. The topological polar surface area (TPSA) is 60.9 Å². The molecule has 0 aliphatic carbocycles. The molecule has 2 aliphatic heterocycles. The number of nitrogens with zero attached hydrogens (tertiary/aromatic N) is 3. The molecule has 0 spiro atoms. The van der Waals surface area contributed by atoms with Crippen molar-refractivity contribution in [3.05, 3.63) is 35.6 Å². The van der Waals surface area contributed by atoms with Crippen LogP contribution in [0.5, 0.6) is 0 Å². The maximum atomic E-state index is 13.9. The Morgan fingerprint density at radius 1 is 1.08 bits per heavy atom. The molecule has 1 atom stereocenters. The molecule has 0 aromatic heterocycles. The molecule has 0 saturated carbocycles. The van der Waals surface area contributed by atoms with Gasteiger partial charge < -0.3 is 14.7 Å². The summed E-state index contributed by atoms with van der Waals surface area (Å²) in [4.78, 5) is 41.5. The molecule has 0 N–H and O–H groups in total. The second-order valence-corrected chi connectivity index (χ2v) is 6.89. The largest absolute Gasteiger partial charge is 0.343 e. The van der Waals surface area contributed by atoms with Gasteiger partial charge in [-0.25, -0.2) is 4.39 Å². The Bertz CT molecular complexity index is 709. The third kappa shape index (κ3) is 3.86. The van der Waals surface area contributed by atoms with Crippen LogP contribution in [-0.4, -0.2) is 64.6 Å². The van der Waals surface area contributed by atoms with Crippen LogP contribution in [-0.2, 0) is 20.9 Å². The van der Waals surface area contributed by atoms with E-state index >= 15 is 0 Å². The van der Waals surface area contributed by atoms with Gasteiger partial charge >= 0.3 is 0 Å². The summed E-state index contributed by atoms with van der Waals surface area (Å²) < 4.78 is 13.9.